The summed E-state index contributed by atoms with van der Waals surface area (Å²) in [7, 11) is 0. The molecule has 2 aromatic rings. The maximum Gasteiger partial charge on any atom is 0.151 e. The first kappa shape index (κ1) is 12.3. The molecule has 3 rings (SSSR count). The van der Waals surface area contributed by atoms with Crippen LogP contribution in [-0.2, 0) is 4.74 Å². The van der Waals surface area contributed by atoms with Crippen LogP contribution in [0.4, 0.5) is 5.82 Å². The van der Waals surface area contributed by atoms with E-state index in [2.05, 4.69) is 10.1 Å². The summed E-state index contributed by atoms with van der Waals surface area (Å²) < 4.78 is 6.96. The van der Waals surface area contributed by atoms with E-state index in [1.165, 1.54) is 10.8 Å². The lowest BCUT2D eigenvalue weighted by atomic mass is 10.1. The number of hydrogen-bond donors (Lipinski definition) is 4. The Morgan fingerprint density at radius 1 is 1.32 bits per heavy atom. The smallest absolute Gasteiger partial charge is 0.151 e. The highest BCUT2D eigenvalue weighted by atomic mass is 16.6. The highest BCUT2D eigenvalue weighted by molar-refractivity contribution is 5.65. The molecule has 1 saturated heterocycles. The fraction of sp³-hybridized carbons (Fsp3) is 0.455. The van der Waals surface area contributed by atoms with Gasteiger partial charge in [-0.3, -0.25) is 0 Å². The number of nitrogen functional groups attached to an aromatic ring is 1. The summed E-state index contributed by atoms with van der Waals surface area (Å²) in [5.74, 6) is 0.313. The maximum absolute atomic E-state index is 9.99. The number of nitrogens with zero attached hydrogens (tertiary/aromatic N) is 3. The lowest BCUT2D eigenvalue weighted by Gasteiger charge is -2.14. The molecule has 19 heavy (non-hydrogen) atoms. The first-order valence-corrected chi connectivity index (χ1v) is 5.84. The van der Waals surface area contributed by atoms with Gasteiger partial charge in [-0.05, 0) is 12.1 Å². The number of hydrogen-bond acceptors (Lipinski definition) is 7. The Bertz CT molecular complexity index is 601. The first-order chi connectivity index (χ1) is 9.13. The minimum absolute atomic E-state index is 0.313. The van der Waals surface area contributed by atoms with Gasteiger partial charge in [0.05, 0.1) is 12.3 Å². The number of aliphatic hydroxyl groups excluding tert-OH is 3. The van der Waals surface area contributed by atoms with Gasteiger partial charge in [-0.1, -0.05) is 0 Å². The molecule has 102 valence electrons. The monoisotopic (exact) mass is 266 g/mol. The van der Waals surface area contributed by atoms with Gasteiger partial charge in [-0.2, -0.15) is 5.10 Å². The van der Waals surface area contributed by atoms with E-state index in [1.54, 1.807) is 12.1 Å². The Morgan fingerprint density at radius 2 is 2.11 bits per heavy atom. The summed E-state index contributed by atoms with van der Waals surface area (Å²) in [6, 6.07) is 3.40. The fourth-order valence-corrected chi connectivity index (χ4v) is 2.33. The van der Waals surface area contributed by atoms with Gasteiger partial charge in [-0.15, -0.1) is 0 Å². The van der Waals surface area contributed by atoms with Gasteiger partial charge in [0.25, 0.3) is 0 Å². The molecule has 0 amide bonds. The molecule has 8 heteroatoms. The third kappa shape index (κ3) is 1.77. The highest BCUT2D eigenvalue weighted by Crippen LogP contribution is 2.34. The van der Waals surface area contributed by atoms with Crippen LogP contribution < -0.4 is 5.73 Å². The van der Waals surface area contributed by atoms with Crippen molar-refractivity contribution < 1.29 is 20.1 Å². The summed E-state index contributed by atoms with van der Waals surface area (Å²) in [4.78, 5) is 3.87. The Kier molecular flexibility index (Phi) is 2.86. The minimum atomic E-state index is -1.14. The summed E-state index contributed by atoms with van der Waals surface area (Å²) in [6.07, 6.45) is -2.56. The molecule has 8 nitrogen and oxygen atoms in total. The number of anilines is 1. The molecule has 5 N–H and O–H groups in total. The zero-order valence-electron chi connectivity index (χ0n) is 9.92. The molecule has 0 spiro atoms. The van der Waals surface area contributed by atoms with E-state index in [4.69, 9.17) is 15.6 Å². The van der Waals surface area contributed by atoms with E-state index >= 15 is 0 Å². The van der Waals surface area contributed by atoms with Crippen molar-refractivity contribution in [1.82, 2.24) is 14.6 Å². The van der Waals surface area contributed by atoms with Crippen LogP contribution in [-0.4, -0.2) is 54.8 Å². The SMILES string of the molecule is Nc1ncnn2c(C3OC(CO)[C@@H](O)[C@H]3O)ccc12. The van der Waals surface area contributed by atoms with Crippen LogP contribution in [0.1, 0.15) is 11.8 Å². The zero-order valence-corrected chi connectivity index (χ0v) is 9.92. The van der Waals surface area contributed by atoms with E-state index in [0.717, 1.165) is 0 Å². The molecule has 2 unspecified atom stereocenters. The topological polar surface area (TPSA) is 126 Å². The summed E-state index contributed by atoms with van der Waals surface area (Å²) >= 11 is 0. The maximum atomic E-state index is 9.99. The number of fused-ring (bicyclic) bond motifs is 1. The molecule has 2 aromatic heterocycles. The number of aromatic nitrogens is 3. The largest absolute Gasteiger partial charge is 0.394 e. The second-order valence-corrected chi connectivity index (χ2v) is 4.46. The number of ether oxygens (including phenoxy) is 1. The van der Waals surface area contributed by atoms with Crippen LogP contribution in [0, 0.1) is 0 Å². The van der Waals surface area contributed by atoms with Crippen LogP contribution in [0.5, 0.6) is 0 Å². The lowest BCUT2D eigenvalue weighted by molar-refractivity contribution is -0.0244. The van der Waals surface area contributed by atoms with Gasteiger partial charge in [-0.25, -0.2) is 9.50 Å². The van der Waals surface area contributed by atoms with E-state index < -0.39 is 24.4 Å². The third-order valence-electron chi connectivity index (χ3n) is 3.34. The normalized spacial score (nSPS) is 31.1. The minimum Gasteiger partial charge on any atom is -0.394 e. The Hall–Kier alpha value is -1.74. The number of rotatable bonds is 2. The average Bonchev–Trinajstić information content (AvgIpc) is 2.94. The van der Waals surface area contributed by atoms with E-state index in [0.29, 0.717) is 17.0 Å². The van der Waals surface area contributed by atoms with Crippen LogP contribution in [0.25, 0.3) is 5.52 Å². The molecule has 0 aliphatic carbocycles. The second kappa shape index (κ2) is 4.42. The van der Waals surface area contributed by atoms with Crippen molar-refractivity contribution in [2.75, 3.05) is 12.3 Å². The van der Waals surface area contributed by atoms with Crippen molar-refractivity contribution in [3.8, 4) is 0 Å². The molecule has 4 atom stereocenters. The molecule has 1 fully saturated rings. The van der Waals surface area contributed by atoms with Crippen molar-refractivity contribution in [2.45, 2.75) is 24.4 Å². The Morgan fingerprint density at radius 3 is 2.79 bits per heavy atom. The molecule has 0 radical (unpaired) electrons. The van der Waals surface area contributed by atoms with Crippen molar-refractivity contribution in [3.63, 3.8) is 0 Å². The van der Waals surface area contributed by atoms with E-state index in [1.807, 2.05) is 0 Å². The first-order valence-electron chi connectivity index (χ1n) is 5.84. The molecular weight excluding hydrogens is 252 g/mol. The van der Waals surface area contributed by atoms with Crippen LogP contribution in [0.2, 0.25) is 0 Å². The average molecular weight is 266 g/mol. The second-order valence-electron chi connectivity index (χ2n) is 4.46. The molecule has 1 aliphatic heterocycles. The summed E-state index contributed by atoms with van der Waals surface area (Å²) in [5.41, 5.74) is 6.86. The Balaban J connectivity index is 2.04. The molecule has 0 bridgehead atoms. The lowest BCUT2D eigenvalue weighted by Crippen LogP contribution is -2.32. The molecular formula is C11H14N4O4. The van der Waals surface area contributed by atoms with Crippen LogP contribution in [0.15, 0.2) is 18.5 Å². The zero-order chi connectivity index (χ0) is 13.6. The van der Waals surface area contributed by atoms with Crippen molar-refractivity contribution in [1.29, 1.82) is 0 Å². The quantitative estimate of drug-likeness (QED) is 0.519. The fourth-order valence-electron chi connectivity index (χ4n) is 2.33. The van der Waals surface area contributed by atoms with Gasteiger partial charge in [0.2, 0.25) is 0 Å². The molecule has 3 heterocycles. The van der Waals surface area contributed by atoms with Gasteiger partial charge < -0.3 is 25.8 Å². The summed E-state index contributed by atoms with van der Waals surface area (Å²) in [6.45, 7) is -0.366. The predicted octanol–water partition coefficient (Wildman–Crippen LogP) is -1.53. The van der Waals surface area contributed by atoms with E-state index in [9.17, 15) is 10.2 Å². The van der Waals surface area contributed by atoms with Gasteiger partial charge in [0, 0.05) is 0 Å². The van der Waals surface area contributed by atoms with Gasteiger partial charge in [0.1, 0.15) is 36.3 Å². The number of nitrogens with two attached hydrogens (primary N) is 1. The van der Waals surface area contributed by atoms with Gasteiger partial charge in [0.15, 0.2) is 5.82 Å². The standard InChI is InChI=1S/C11H14N4O4/c12-11-6-2-1-5(15(6)14-4-13-11)10-9(18)8(17)7(3-16)19-10/h1-2,4,7-10,16-18H,3H2,(H2,12,13,14)/t7?,8-,9-,10?/m1/s1. The van der Waals surface area contributed by atoms with Crippen LogP contribution >= 0.6 is 0 Å². The highest BCUT2D eigenvalue weighted by Gasteiger charge is 2.44. The third-order valence-corrected chi connectivity index (χ3v) is 3.34. The van der Waals surface area contributed by atoms with Crippen molar-refractivity contribution in [2.24, 2.45) is 0 Å². The molecule has 0 saturated carbocycles. The Labute approximate surface area is 108 Å². The van der Waals surface area contributed by atoms with Crippen molar-refractivity contribution in [3.05, 3.63) is 24.2 Å². The molecule has 0 aromatic carbocycles. The summed E-state index contributed by atoms with van der Waals surface area (Å²) in [5, 5.41) is 32.9. The predicted molar refractivity (Wildman–Crippen MR) is 64.1 cm³/mol. The van der Waals surface area contributed by atoms with Gasteiger partial charge >= 0.3 is 0 Å². The number of aliphatic hydroxyl groups is 3. The van der Waals surface area contributed by atoms with Crippen molar-refractivity contribution >= 4 is 11.3 Å². The van der Waals surface area contributed by atoms with E-state index in [-0.39, 0.29) is 6.61 Å². The molecule has 1 aliphatic rings. The van der Waals surface area contributed by atoms with Crippen LogP contribution in [0.3, 0.4) is 0 Å².